The number of ether oxygens (including phenoxy) is 1. The van der Waals surface area contributed by atoms with Gasteiger partial charge in [0.05, 0.1) is 30.9 Å². The first-order chi connectivity index (χ1) is 17.5. The number of aryl methyl sites for hydroxylation is 1. The zero-order valence-corrected chi connectivity index (χ0v) is 20.7. The number of piperidine rings is 1. The van der Waals surface area contributed by atoms with Crippen molar-refractivity contribution >= 4 is 28.6 Å². The molecular formula is C29H30N4O3. The van der Waals surface area contributed by atoms with Gasteiger partial charge in [0, 0.05) is 31.2 Å². The van der Waals surface area contributed by atoms with Crippen LogP contribution in [-0.4, -0.2) is 46.9 Å². The van der Waals surface area contributed by atoms with E-state index in [9.17, 15) is 9.59 Å². The number of carbonyl (C=O) groups is 2. The molecule has 5 rings (SSSR count). The average molecular weight is 483 g/mol. The number of methoxy groups -OCH3 is 1. The molecule has 0 atom stereocenters. The van der Waals surface area contributed by atoms with E-state index in [0.717, 1.165) is 65.6 Å². The quantitative estimate of drug-likeness (QED) is 0.345. The lowest BCUT2D eigenvalue weighted by molar-refractivity contribution is 0.0600. The van der Waals surface area contributed by atoms with Crippen LogP contribution in [0.15, 0.2) is 72.9 Å². The maximum atomic E-state index is 13.7. The fourth-order valence-electron chi connectivity index (χ4n) is 4.77. The van der Waals surface area contributed by atoms with Gasteiger partial charge in [0.2, 0.25) is 0 Å². The Morgan fingerprint density at radius 2 is 1.69 bits per heavy atom. The molecule has 0 bridgehead atoms. The second kappa shape index (κ2) is 10.2. The lowest BCUT2D eigenvalue weighted by Crippen LogP contribution is -2.45. The highest BCUT2D eigenvalue weighted by atomic mass is 16.5. The highest BCUT2D eigenvalue weighted by Crippen LogP contribution is 2.29. The molecule has 1 aliphatic heterocycles. The van der Waals surface area contributed by atoms with E-state index in [1.165, 1.54) is 7.11 Å². The molecule has 0 spiro atoms. The molecule has 1 aliphatic rings. The Hall–Kier alpha value is -4.13. The molecule has 7 nitrogen and oxygen atoms in total. The van der Waals surface area contributed by atoms with Gasteiger partial charge >= 0.3 is 12.0 Å². The number of rotatable bonds is 5. The Morgan fingerprint density at radius 3 is 2.44 bits per heavy atom. The number of fused-ring (bicyclic) bond motifs is 1. The maximum absolute atomic E-state index is 13.7. The molecule has 1 fully saturated rings. The van der Waals surface area contributed by atoms with E-state index in [1.807, 2.05) is 52.0 Å². The van der Waals surface area contributed by atoms with Gasteiger partial charge in [0.1, 0.15) is 0 Å². The fraction of sp³-hybridized carbons (Fsp3) is 0.276. The zero-order chi connectivity index (χ0) is 25.1. The molecule has 0 saturated carbocycles. The minimum Gasteiger partial charge on any atom is -0.465 e. The highest BCUT2D eigenvalue weighted by Gasteiger charge is 2.24. The van der Waals surface area contributed by atoms with Crippen LogP contribution >= 0.6 is 0 Å². The lowest BCUT2D eigenvalue weighted by Gasteiger charge is -2.33. The van der Waals surface area contributed by atoms with Crippen LogP contribution in [0.5, 0.6) is 0 Å². The van der Waals surface area contributed by atoms with Gasteiger partial charge in [-0.3, -0.25) is 9.58 Å². The minimum absolute atomic E-state index is 0.00612. The van der Waals surface area contributed by atoms with E-state index >= 15 is 0 Å². The number of hydrogen-bond acceptors (Lipinski definition) is 4. The summed E-state index contributed by atoms with van der Waals surface area (Å²) in [6, 6.07) is 21.6. The Morgan fingerprint density at radius 1 is 0.944 bits per heavy atom. The Labute approximate surface area is 210 Å². The monoisotopic (exact) mass is 482 g/mol. The van der Waals surface area contributed by atoms with Crippen molar-refractivity contribution in [3.05, 3.63) is 84.1 Å². The summed E-state index contributed by atoms with van der Waals surface area (Å²) in [5, 5.41) is 5.43. The van der Waals surface area contributed by atoms with Crippen LogP contribution in [0.4, 0.5) is 10.5 Å². The summed E-state index contributed by atoms with van der Waals surface area (Å²) >= 11 is 0. The van der Waals surface area contributed by atoms with Gasteiger partial charge in [-0.15, -0.1) is 0 Å². The average Bonchev–Trinajstić information content (AvgIpc) is 3.31. The van der Waals surface area contributed by atoms with Crippen LogP contribution in [0.3, 0.4) is 0 Å². The standard InChI is InChI=1S/C29H30N4O3/c1-31-27-14-13-24(17-25(27)19-30-31)23-7-6-8-26(18-23)33(29(35)32-15-4-3-5-16-32)20-21-9-11-22(12-10-21)28(34)36-2/h6-14,17-19H,3-5,15-16,20H2,1-2H3. The number of anilines is 1. The van der Waals surface area contributed by atoms with Crippen molar-refractivity contribution in [2.45, 2.75) is 25.8 Å². The predicted molar refractivity (Wildman–Crippen MR) is 141 cm³/mol. The Balaban J connectivity index is 1.48. The number of likely N-dealkylation sites (tertiary alicyclic amines) is 1. The van der Waals surface area contributed by atoms with Crippen LogP contribution in [0.2, 0.25) is 0 Å². The first-order valence-electron chi connectivity index (χ1n) is 12.3. The zero-order valence-electron chi connectivity index (χ0n) is 20.7. The number of urea groups is 1. The molecule has 0 unspecified atom stereocenters. The van der Waals surface area contributed by atoms with E-state index in [4.69, 9.17) is 4.74 Å². The number of carbonyl (C=O) groups excluding carboxylic acids is 2. The molecular weight excluding hydrogens is 452 g/mol. The molecule has 0 radical (unpaired) electrons. The fourth-order valence-corrected chi connectivity index (χ4v) is 4.77. The van der Waals surface area contributed by atoms with Gasteiger partial charge in [-0.25, -0.2) is 9.59 Å². The summed E-state index contributed by atoms with van der Waals surface area (Å²) in [6.45, 7) is 1.95. The lowest BCUT2D eigenvalue weighted by atomic mass is 10.0. The van der Waals surface area contributed by atoms with Crippen molar-refractivity contribution < 1.29 is 14.3 Å². The van der Waals surface area contributed by atoms with Crippen molar-refractivity contribution in [3.63, 3.8) is 0 Å². The van der Waals surface area contributed by atoms with Crippen molar-refractivity contribution in [2.75, 3.05) is 25.1 Å². The number of benzene rings is 3. The van der Waals surface area contributed by atoms with Crippen molar-refractivity contribution in [3.8, 4) is 11.1 Å². The molecule has 0 N–H and O–H groups in total. The van der Waals surface area contributed by atoms with E-state index in [-0.39, 0.29) is 12.0 Å². The van der Waals surface area contributed by atoms with E-state index in [0.29, 0.717) is 12.1 Å². The molecule has 1 aromatic heterocycles. The summed E-state index contributed by atoms with van der Waals surface area (Å²) in [4.78, 5) is 29.3. The second-order valence-electron chi connectivity index (χ2n) is 9.20. The molecule has 184 valence electrons. The molecule has 1 saturated heterocycles. The number of hydrogen-bond donors (Lipinski definition) is 0. The van der Waals surface area contributed by atoms with Crippen molar-refractivity contribution in [2.24, 2.45) is 7.05 Å². The smallest absolute Gasteiger partial charge is 0.337 e. The van der Waals surface area contributed by atoms with Crippen LogP contribution in [0.1, 0.15) is 35.2 Å². The third-order valence-corrected chi connectivity index (χ3v) is 6.81. The van der Waals surface area contributed by atoms with Gasteiger partial charge < -0.3 is 9.64 Å². The number of aromatic nitrogens is 2. The van der Waals surface area contributed by atoms with Gasteiger partial charge in [-0.2, -0.15) is 5.10 Å². The molecule has 3 aromatic carbocycles. The molecule has 2 heterocycles. The third kappa shape index (κ3) is 4.82. The normalized spacial score (nSPS) is 13.6. The number of esters is 1. The first-order valence-corrected chi connectivity index (χ1v) is 12.3. The van der Waals surface area contributed by atoms with E-state index in [2.05, 4.69) is 35.4 Å². The van der Waals surface area contributed by atoms with Crippen LogP contribution in [-0.2, 0) is 18.3 Å². The number of amides is 2. The molecule has 2 amide bonds. The first kappa shape index (κ1) is 23.6. The van der Waals surface area contributed by atoms with Gasteiger partial charge in [0.25, 0.3) is 0 Å². The summed E-state index contributed by atoms with van der Waals surface area (Å²) < 4.78 is 6.67. The summed E-state index contributed by atoms with van der Waals surface area (Å²) in [5.74, 6) is -0.374. The summed E-state index contributed by atoms with van der Waals surface area (Å²) in [5.41, 5.74) is 5.46. The molecule has 36 heavy (non-hydrogen) atoms. The molecule has 0 aliphatic carbocycles. The molecule has 4 aromatic rings. The maximum Gasteiger partial charge on any atom is 0.337 e. The molecule has 7 heteroatoms. The topological polar surface area (TPSA) is 67.7 Å². The van der Waals surface area contributed by atoms with E-state index in [1.54, 1.807) is 12.1 Å². The second-order valence-corrected chi connectivity index (χ2v) is 9.20. The number of nitrogens with zero attached hydrogens (tertiary/aromatic N) is 4. The Bertz CT molecular complexity index is 1390. The summed E-state index contributed by atoms with van der Waals surface area (Å²) in [6.07, 6.45) is 5.08. The van der Waals surface area contributed by atoms with Crippen LogP contribution in [0, 0.1) is 0 Å². The summed E-state index contributed by atoms with van der Waals surface area (Å²) in [7, 11) is 3.30. The SMILES string of the molecule is COC(=O)c1ccc(CN(C(=O)N2CCCCC2)c2cccc(-c3ccc4c(cnn4C)c3)c2)cc1. The van der Waals surface area contributed by atoms with E-state index < -0.39 is 0 Å². The van der Waals surface area contributed by atoms with Crippen LogP contribution < -0.4 is 4.90 Å². The van der Waals surface area contributed by atoms with Crippen molar-refractivity contribution in [1.29, 1.82) is 0 Å². The van der Waals surface area contributed by atoms with Gasteiger partial charge in [0.15, 0.2) is 0 Å². The highest BCUT2D eigenvalue weighted by molar-refractivity contribution is 5.93. The van der Waals surface area contributed by atoms with Gasteiger partial charge in [-0.05, 0) is 72.4 Å². The predicted octanol–water partition coefficient (Wildman–Crippen LogP) is 5.64. The van der Waals surface area contributed by atoms with Crippen molar-refractivity contribution in [1.82, 2.24) is 14.7 Å². The largest absolute Gasteiger partial charge is 0.465 e. The third-order valence-electron chi connectivity index (χ3n) is 6.81. The minimum atomic E-state index is -0.374. The Kier molecular flexibility index (Phi) is 6.71. The van der Waals surface area contributed by atoms with Crippen LogP contribution in [0.25, 0.3) is 22.0 Å². The van der Waals surface area contributed by atoms with Gasteiger partial charge in [-0.1, -0.05) is 30.3 Å².